The SMILES string of the molecule is CCNc1cccnc1S(=O)(=O)NCCc1cscn1. The molecule has 0 aromatic carbocycles. The Kier molecular flexibility index (Phi) is 5.05. The highest BCUT2D eigenvalue weighted by Crippen LogP contribution is 2.17. The zero-order chi connectivity index (χ0) is 14.4. The van der Waals surface area contributed by atoms with E-state index in [1.807, 2.05) is 12.3 Å². The van der Waals surface area contributed by atoms with Gasteiger partial charge in [0.05, 0.1) is 16.9 Å². The molecule has 0 unspecified atom stereocenters. The van der Waals surface area contributed by atoms with Crippen LogP contribution in [0.5, 0.6) is 0 Å². The third-order valence-corrected chi connectivity index (χ3v) is 4.60. The van der Waals surface area contributed by atoms with Gasteiger partial charge < -0.3 is 5.32 Å². The van der Waals surface area contributed by atoms with Gasteiger partial charge in [0.1, 0.15) is 0 Å². The van der Waals surface area contributed by atoms with E-state index in [1.165, 1.54) is 17.5 Å². The maximum Gasteiger partial charge on any atom is 0.260 e. The highest BCUT2D eigenvalue weighted by molar-refractivity contribution is 7.89. The van der Waals surface area contributed by atoms with Crippen molar-refractivity contribution in [2.75, 3.05) is 18.4 Å². The average molecular weight is 312 g/mol. The molecule has 2 aromatic heterocycles. The Labute approximate surface area is 122 Å². The Balaban J connectivity index is 2.06. The fourth-order valence-electron chi connectivity index (χ4n) is 1.67. The summed E-state index contributed by atoms with van der Waals surface area (Å²) < 4.78 is 27.0. The molecule has 108 valence electrons. The predicted octanol–water partition coefficient (Wildman–Crippen LogP) is 1.49. The molecule has 0 fully saturated rings. The van der Waals surface area contributed by atoms with Gasteiger partial charge in [0.15, 0.2) is 5.03 Å². The molecule has 0 saturated heterocycles. The van der Waals surface area contributed by atoms with E-state index in [0.29, 0.717) is 25.2 Å². The number of rotatable bonds is 7. The van der Waals surface area contributed by atoms with E-state index in [2.05, 4.69) is 20.0 Å². The van der Waals surface area contributed by atoms with E-state index in [1.54, 1.807) is 17.6 Å². The van der Waals surface area contributed by atoms with Crippen molar-refractivity contribution < 1.29 is 8.42 Å². The molecule has 20 heavy (non-hydrogen) atoms. The molecule has 0 aliphatic heterocycles. The molecule has 0 saturated carbocycles. The molecular formula is C12H16N4O2S2. The number of nitrogens with one attached hydrogen (secondary N) is 2. The molecule has 0 atom stereocenters. The van der Waals surface area contributed by atoms with E-state index in [4.69, 9.17) is 0 Å². The average Bonchev–Trinajstić information content (AvgIpc) is 2.92. The number of sulfonamides is 1. The number of hydrogen-bond acceptors (Lipinski definition) is 6. The van der Waals surface area contributed by atoms with Gasteiger partial charge in [-0.15, -0.1) is 11.3 Å². The third-order valence-electron chi connectivity index (χ3n) is 2.55. The molecule has 0 spiro atoms. The van der Waals surface area contributed by atoms with Crippen molar-refractivity contribution in [3.8, 4) is 0 Å². The lowest BCUT2D eigenvalue weighted by Gasteiger charge is -2.10. The maximum atomic E-state index is 12.2. The van der Waals surface area contributed by atoms with Gasteiger partial charge in [-0.1, -0.05) is 0 Å². The lowest BCUT2D eigenvalue weighted by molar-refractivity contribution is 0.578. The van der Waals surface area contributed by atoms with Crippen LogP contribution < -0.4 is 10.0 Å². The van der Waals surface area contributed by atoms with Crippen LogP contribution in [0, 0.1) is 0 Å². The zero-order valence-corrected chi connectivity index (χ0v) is 12.7. The number of nitrogens with zero attached hydrogens (tertiary/aromatic N) is 2. The molecular weight excluding hydrogens is 296 g/mol. The summed E-state index contributed by atoms with van der Waals surface area (Å²) in [6, 6.07) is 3.40. The highest BCUT2D eigenvalue weighted by atomic mass is 32.2. The minimum atomic E-state index is -3.61. The van der Waals surface area contributed by atoms with Crippen molar-refractivity contribution in [1.82, 2.24) is 14.7 Å². The first-order valence-electron chi connectivity index (χ1n) is 6.19. The Morgan fingerprint density at radius 1 is 1.35 bits per heavy atom. The molecule has 2 rings (SSSR count). The summed E-state index contributed by atoms with van der Waals surface area (Å²) in [5, 5.41) is 4.92. The van der Waals surface area contributed by atoms with E-state index in [0.717, 1.165) is 5.69 Å². The summed E-state index contributed by atoms with van der Waals surface area (Å²) in [4.78, 5) is 8.07. The van der Waals surface area contributed by atoms with Crippen molar-refractivity contribution in [3.63, 3.8) is 0 Å². The molecule has 6 nitrogen and oxygen atoms in total. The fraction of sp³-hybridized carbons (Fsp3) is 0.333. The van der Waals surface area contributed by atoms with Gasteiger partial charge in [0.2, 0.25) is 0 Å². The number of anilines is 1. The van der Waals surface area contributed by atoms with E-state index in [9.17, 15) is 8.42 Å². The molecule has 0 radical (unpaired) electrons. The number of thiazole rings is 1. The Hall–Kier alpha value is -1.51. The van der Waals surface area contributed by atoms with E-state index < -0.39 is 10.0 Å². The van der Waals surface area contributed by atoms with Crippen LogP contribution in [0.25, 0.3) is 0 Å². The van der Waals surface area contributed by atoms with Crippen LogP contribution >= 0.6 is 11.3 Å². The Bertz CT molecular complexity index is 641. The van der Waals surface area contributed by atoms with Crippen LogP contribution in [-0.2, 0) is 16.4 Å². The number of pyridine rings is 1. The quantitative estimate of drug-likeness (QED) is 0.809. The molecule has 0 aliphatic carbocycles. The molecule has 2 N–H and O–H groups in total. The monoisotopic (exact) mass is 312 g/mol. The fourth-order valence-corrected chi connectivity index (χ4v) is 3.40. The van der Waals surface area contributed by atoms with Gasteiger partial charge >= 0.3 is 0 Å². The van der Waals surface area contributed by atoms with Gasteiger partial charge in [-0.3, -0.25) is 0 Å². The van der Waals surface area contributed by atoms with E-state index >= 15 is 0 Å². The van der Waals surface area contributed by atoms with Crippen molar-refractivity contribution in [2.24, 2.45) is 0 Å². The number of aromatic nitrogens is 2. The lowest BCUT2D eigenvalue weighted by atomic mass is 10.3. The minimum Gasteiger partial charge on any atom is -0.383 e. The third kappa shape index (κ3) is 3.75. The van der Waals surface area contributed by atoms with Crippen LogP contribution in [-0.4, -0.2) is 31.5 Å². The second-order valence-electron chi connectivity index (χ2n) is 4.01. The first kappa shape index (κ1) is 14.9. The van der Waals surface area contributed by atoms with Gasteiger partial charge in [-0.2, -0.15) is 0 Å². The summed E-state index contributed by atoms with van der Waals surface area (Å²) in [7, 11) is -3.61. The Morgan fingerprint density at radius 3 is 2.90 bits per heavy atom. The van der Waals surface area contributed by atoms with Crippen LogP contribution in [0.2, 0.25) is 0 Å². The summed E-state index contributed by atoms with van der Waals surface area (Å²) in [5.74, 6) is 0. The van der Waals surface area contributed by atoms with Crippen molar-refractivity contribution >= 4 is 27.0 Å². The highest BCUT2D eigenvalue weighted by Gasteiger charge is 2.19. The van der Waals surface area contributed by atoms with Crippen LogP contribution in [0.1, 0.15) is 12.6 Å². The van der Waals surface area contributed by atoms with Gasteiger partial charge in [-0.05, 0) is 19.1 Å². The largest absolute Gasteiger partial charge is 0.383 e. The predicted molar refractivity (Wildman–Crippen MR) is 79.4 cm³/mol. The minimum absolute atomic E-state index is 0.0279. The molecule has 0 aliphatic rings. The van der Waals surface area contributed by atoms with Gasteiger partial charge in [0, 0.05) is 31.1 Å². The van der Waals surface area contributed by atoms with Crippen LogP contribution in [0.3, 0.4) is 0 Å². The number of hydrogen-bond donors (Lipinski definition) is 2. The molecule has 0 bridgehead atoms. The van der Waals surface area contributed by atoms with Gasteiger partial charge in [-0.25, -0.2) is 23.1 Å². The second kappa shape index (κ2) is 6.78. The summed E-state index contributed by atoms with van der Waals surface area (Å²) >= 11 is 1.49. The Morgan fingerprint density at radius 2 is 2.20 bits per heavy atom. The zero-order valence-electron chi connectivity index (χ0n) is 11.0. The topological polar surface area (TPSA) is 84.0 Å². The van der Waals surface area contributed by atoms with Crippen LogP contribution in [0.4, 0.5) is 5.69 Å². The first-order chi connectivity index (χ1) is 9.63. The molecule has 0 amide bonds. The van der Waals surface area contributed by atoms with Crippen molar-refractivity contribution in [2.45, 2.75) is 18.4 Å². The maximum absolute atomic E-state index is 12.2. The summed E-state index contributed by atoms with van der Waals surface area (Å²) in [6.07, 6.45) is 2.03. The van der Waals surface area contributed by atoms with Crippen molar-refractivity contribution in [1.29, 1.82) is 0 Å². The molecule has 8 heteroatoms. The van der Waals surface area contributed by atoms with Gasteiger partial charge in [0.25, 0.3) is 10.0 Å². The summed E-state index contributed by atoms with van der Waals surface area (Å²) in [6.45, 7) is 2.83. The lowest BCUT2D eigenvalue weighted by Crippen LogP contribution is -2.27. The van der Waals surface area contributed by atoms with E-state index in [-0.39, 0.29) is 5.03 Å². The molecule has 2 heterocycles. The summed E-state index contributed by atoms with van der Waals surface area (Å²) in [5.41, 5.74) is 3.12. The second-order valence-corrected chi connectivity index (χ2v) is 6.41. The standard InChI is InChI=1S/C12H16N4O2S2/c1-2-13-11-4-3-6-14-12(11)20(17,18)16-7-5-10-8-19-9-15-10/h3-4,6,8-9,13,16H,2,5,7H2,1H3. The first-order valence-corrected chi connectivity index (χ1v) is 8.61. The van der Waals surface area contributed by atoms with Crippen molar-refractivity contribution in [3.05, 3.63) is 34.9 Å². The molecule has 2 aromatic rings. The smallest absolute Gasteiger partial charge is 0.260 e. The van der Waals surface area contributed by atoms with Crippen LogP contribution in [0.15, 0.2) is 34.2 Å². The normalized spacial score (nSPS) is 11.4.